The summed E-state index contributed by atoms with van der Waals surface area (Å²) in [6.07, 6.45) is 0. The smallest absolute Gasteiger partial charge is 0.178 e. The van der Waals surface area contributed by atoms with E-state index in [1.807, 2.05) is 54.6 Å². The quantitative estimate of drug-likeness (QED) is 0.238. The Bertz CT molecular complexity index is 2070. The normalized spacial score (nSPS) is 11.2. The molecule has 0 saturated heterocycles. The summed E-state index contributed by atoms with van der Waals surface area (Å²) in [7, 11) is 0. The van der Waals surface area contributed by atoms with Gasteiger partial charge in [0, 0.05) is 6.07 Å². The van der Waals surface area contributed by atoms with Gasteiger partial charge in [0.25, 0.3) is 0 Å². The van der Waals surface area contributed by atoms with Crippen LogP contribution in [0.2, 0.25) is 0 Å². The Labute approximate surface area is 241 Å². The van der Waals surface area contributed by atoms with Crippen molar-refractivity contribution in [2.45, 2.75) is 0 Å². The molecule has 0 saturated carbocycles. The van der Waals surface area contributed by atoms with Crippen molar-refractivity contribution in [1.29, 1.82) is 0 Å². The molecule has 0 aliphatic carbocycles. The van der Waals surface area contributed by atoms with Crippen LogP contribution in [0.1, 0.15) is 0 Å². The third-order valence-corrected chi connectivity index (χ3v) is 6.56. The Morgan fingerprint density at radius 1 is 0.372 bits per heavy atom. The van der Waals surface area contributed by atoms with Gasteiger partial charge in [0.2, 0.25) is 0 Å². The summed E-state index contributed by atoms with van der Waals surface area (Å²) in [6, 6.07) is 29.9. The zero-order valence-electron chi connectivity index (χ0n) is 22.1. The highest BCUT2D eigenvalue weighted by atomic mass is 16.3. The molecule has 0 fully saturated rings. The standard InChI is InChI=1S/C18H12N6O3.C12H9N3O/c25-14-9-15(26)17(24-21-12-7-3-4-8-13(12)22-24)18(27)16(14)23-19-10-5-1-2-6-11(10)20-23;16-12-8-4-3-7-11(12)15-13-9-5-1-2-6-10(9)14-15/h1-9,25-27H;1-8,16H. The van der Waals surface area contributed by atoms with Gasteiger partial charge in [-0.2, -0.15) is 0 Å². The van der Waals surface area contributed by atoms with E-state index < -0.39 is 5.75 Å². The Balaban J connectivity index is 0.000000160. The molecule has 4 N–H and O–H groups in total. The summed E-state index contributed by atoms with van der Waals surface area (Å²) in [6.45, 7) is 0. The summed E-state index contributed by atoms with van der Waals surface area (Å²) in [4.78, 5) is 3.67. The van der Waals surface area contributed by atoms with E-state index in [1.54, 1.807) is 42.5 Å². The predicted molar refractivity (Wildman–Crippen MR) is 157 cm³/mol. The molecule has 13 heteroatoms. The molecule has 0 unspecified atom stereocenters. The number of hydrogen-bond acceptors (Lipinski definition) is 10. The maximum absolute atomic E-state index is 10.8. The number of aromatic hydroxyl groups is 4. The first kappa shape index (κ1) is 25.5. The molecule has 8 aromatic rings. The highest BCUT2D eigenvalue weighted by Gasteiger charge is 2.24. The minimum absolute atomic E-state index is 0.0830. The molecule has 3 aromatic heterocycles. The number of phenols is 4. The van der Waals surface area contributed by atoms with Gasteiger partial charge in [-0.15, -0.1) is 45.0 Å². The molecule has 3 heterocycles. The van der Waals surface area contributed by atoms with Crippen molar-refractivity contribution in [3.05, 3.63) is 103 Å². The Hall–Kier alpha value is -6.50. The predicted octanol–water partition coefficient (Wildman–Crippen LogP) is 4.40. The average Bonchev–Trinajstić information content (AvgIpc) is 3.73. The van der Waals surface area contributed by atoms with Gasteiger partial charge in [-0.1, -0.05) is 48.5 Å². The summed E-state index contributed by atoms with van der Waals surface area (Å²) >= 11 is 0. The summed E-state index contributed by atoms with van der Waals surface area (Å²) in [5, 5.41) is 66.7. The SMILES string of the molecule is Oc1cc(O)c(-n2nc3ccccc3n2)c(O)c1-n1nc2ccccc2n1.Oc1ccccc1-n1nc2ccccc2n1. The lowest BCUT2D eigenvalue weighted by atomic mass is 10.2. The van der Waals surface area contributed by atoms with Crippen LogP contribution >= 0.6 is 0 Å². The van der Waals surface area contributed by atoms with E-state index >= 15 is 0 Å². The number of nitrogens with zero attached hydrogens (tertiary/aromatic N) is 9. The molecule has 5 aromatic carbocycles. The summed E-state index contributed by atoms with van der Waals surface area (Å²) in [5.74, 6) is -1.05. The van der Waals surface area contributed by atoms with Gasteiger partial charge >= 0.3 is 0 Å². The maximum atomic E-state index is 10.8. The van der Waals surface area contributed by atoms with Crippen LogP contribution < -0.4 is 0 Å². The van der Waals surface area contributed by atoms with E-state index in [1.165, 1.54) is 4.80 Å². The molecule has 43 heavy (non-hydrogen) atoms. The first-order valence-electron chi connectivity index (χ1n) is 13.0. The van der Waals surface area contributed by atoms with Crippen LogP contribution in [0.25, 0.3) is 50.2 Å². The topological polar surface area (TPSA) is 173 Å². The fourth-order valence-electron chi connectivity index (χ4n) is 4.54. The zero-order valence-corrected chi connectivity index (χ0v) is 22.1. The number of para-hydroxylation sites is 2. The fourth-order valence-corrected chi connectivity index (χ4v) is 4.54. The van der Waals surface area contributed by atoms with E-state index in [2.05, 4.69) is 30.6 Å². The number of rotatable bonds is 3. The molecular weight excluding hydrogens is 550 g/mol. The summed E-state index contributed by atoms with van der Waals surface area (Å²) in [5.41, 5.74) is 4.40. The zero-order chi connectivity index (χ0) is 29.5. The minimum atomic E-state index is -0.451. The first-order chi connectivity index (χ1) is 21.0. The number of benzene rings is 5. The number of fused-ring (bicyclic) bond motifs is 3. The molecule has 13 nitrogen and oxygen atoms in total. The van der Waals surface area contributed by atoms with Crippen LogP contribution in [0, 0.1) is 0 Å². The van der Waals surface area contributed by atoms with Crippen molar-refractivity contribution in [2.24, 2.45) is 0 Å². The average molecular weight is 572 g/mol. The second kappa shape index (κ2) is 10.2. The van der Waals surface area contributed by atoms with Crippen LogP contribution in [-0.2, 0) is 0 Å². The second-order valence-electron chi connectivity index (χ2n) is 9.38. The first-order valence-corrected chi connectivity index (χ1v) is 13.0. The van der Waals surface area contributed by atoms with E-state index in [0.717, 1.165) is 26.7 Å². The molecule has 0 amide bonds. The van der Waals surface area contributed by atoms with E-state index in [9.17, 15) is 20.4 Å². The van der Waals surface area contributed by atoms with Gasteiger partial charge in [-0.05, 0) is 48.5 Å². The Kier molecular flexibility index (Phi) is 6.02. The molecule has 8 rings (SSSR count). The van der Waals surface area contributed by atoms with Crippen molar-refractivity contribution >= 4 is 33.1 Å². The molecule has 0 aliphatic rings. The Morgan fingerprint density at radius 3 is 1.07 bits per heavy atom. The van der Waals surface area contributed by atoms with E-state index in [-0.39, 0.29) is 28.6 Å². The molecule has 0 aliphatic heterocycles. The second-order valence-corrected chi connectivity index (χ2v) is 9.38. The van der Waals surface area contributed by atoms with Crippen LogP contribution in [-0.4, -0.2) is 65.4 Å². The highest BCUT2D eigenvalue weighted by Crippen LogP contribution is 2.41. The van der Waals surface area contributed by atoms with E-state index in [4.69, 9.17) is 0 Å². The lowest BCUT2D eigenvalue weighted by Gasteiger charge is -2.11. The largest absolute Gasteiger partial charge is 0.506 e. The Morgan fingerprint density at radius 2 is 0.698 bits per heavy atom. The van der Waals surface area contributed by atoms with Crippen LogP contribution in [0.5, 0.6) is 23.0 Å². The molecular formula is C30H21N9O4. The van der Waals surface area contributed by atoms with Crippen molar-refractivity contribution < 1.29 is 20.4 Å². The third-order valence-electron chi connectivity index (χ3n) is 6.56. The van der Waals surface area contributed by atoms with Crippen molar-refractivity contribution in [1.82, 2.24) is 45.0 Å². The van der Waals surface area contributed by atoms with Gasteiger partial charge in [0.15, 0.2) is 28.6 Å². The van der Waals surface area contributed by atoms with Crippen LogP contribution in [0.4, 0.5) is 0 Å². The lowest BCUT2D eigenvalue weighted by Crippen LogP contribution is -2.05. The van der Waals surface area contributed by atoms with Gasteiger partial charge in [0.1, 0.15) is 44.5 Å². The third kappa shape index (κ3) is 4.56. The van der Waals surface area contributed by atoms with Crippen LogP contribution in [0.3, 0.4) is 0 Å². The van der Waals surface area contributed by atoms with Gasteiger partial charge in [-0.25, -0.2) is 0 Å². The fraction of sp³-hybridized carbons (Fsp3) is 0. The maximum Gasteiger partial charge on any atom is 0.178 e. The molecule has 210 valence electrons. The minimum Gasteiger partial charge on any atom is -0.506 e. The van der Waals surface area contributed by atoms with Gasteiger partial charge in [-0.3, -0.25) is 0 Å². The van der Waals surface area contributed by atoms with E-state index in [0.29, 0.717) is 27.8 Å². The molecule has 0 spiro atoms. The van der Waals surface area contributed by atoms with Crippen molar-refractivity contribution in [3.63, 3.8) is 0 Å². The number of phenolic OH excluding ortho intramolecular Hbond substituents is 4. The van der Waals surface area contributed by atoms with Gasteiger partial charge < -0.3 is 20.4 Å². The van der Waals surface area contributed by atoms with Gasteiger partial charge in [0.05, 0.1) is 0 Å². The molecule has 0 bridgehead atoms. The molecule has 0 radical (unpaired) electrons. The van der Waals surface area contributed by atoms with Crippen LogP contribution in [0.15, 0.2) is 103 Å². The van der Waals surface area contributed by atoms with Crippen molar-refractivity contribution in [3.8, 4) is 40.1 Å². The summed E-state index contributed by atoms with van der Waals surface area (Å²) < 4.78 is 0. The molecule has 0 atom stereocenters. The number of hydrogen-bond donors (Lipinski definition) is 4. The monoisotopic (exact) mass is 571 g/mol. The lowest BCUT2D eigenvalue weighted by molar-refractivity contribution is 0.412. The number of aromatic nitrogens is 9. The highest BCUT2D eigenvalue weighted by molar-refractivity contribution is 5.77. The van der Waals surface area contributed by atoms with Crippen molar-refractivity contribution in [2.75, 3.05) is 0 Å².